The quantitative estimate of drug-likeness (QED) is 0.795. The molecule has 0 amide bonds. The van der Waals surface area contributed by atoms with Crippen molar-refractivity contribution in [2.24, 2.45) is 0 Å². The maximum atomic E-state index is 11.5. The number of aliphatic carboxylic acids is 1. The number of hydrogen-bond acceptors (Lipinski definition) is 3. The summed E-state index contributed by atoms with van der Waals surface area (Å²) in [6.07, 6.45) is 1.42. The van der Waals surface area contributed by atoms with Crippen LogP contribution >= 0.6 is 0 Å². The van der Waals surface area contributed by atoms with Crippen LogP contribution in [-0.2, 0) is 4.79 Å². The summed E-state index contributed by atoms with van der Waals surface area (Å²) >= 11 is 0. The molecule has 0 saturated carbocycles. The van der Waals surface area contributed by atoms with E-state index in [1.165, 1.54) is 0 Å². The van der Waals surface area contributed by atoms with E-state index < -0.39 is 11.5 Å². The van der Waals surface area contributed by atoms with Crippen molar-refractivity contribution in [2.45, 2.75) is 59.0 Å². The maximum absolute atomic E-state index is 11.5. The van der Waals surface area contributed by atoms with Gasteiger partial charge in [0.2, 0.25) is 0 Å². The maximum Gasteiger partial charge on any atom is 0.323 e. The SMILES string of the molecule is CCCNC(C)(CC(C)n1nc(C)cc1C)C(=O)O. The van der Waals surface area contributed by atoms with Crippen molar-refractivity contribution < 1.29 is 9.90 Å². The summed E-state index contributed by atoms with van der Waals surface area (Å²) in [6, 6.07) is 2.05. The number of nitrogens with zero attached hydrogens (tertiary/aromatic N) is 2. The summed E-state index contributed by atoms with van der Waals surface area (Å²) in [6.45, 7) is 10.4. The van der Waals surface area contributed by atoms with Gasteiger partial charge in [-0.1, -0.05) is 6.92 Å². The van der Waals surface area contributed by atoms with Crippen molar-refractivity contribution in [2.75, 3.05) is 6.54 Å². The normalized spacial score (nSPS) is 16.1. The highest BCUT2D eigenvalue weighted by molar-refractivity contribution is 5.78. The molecular formula is C14H25N3O2. The fraction of sp³-hybridized carbons (Fsp3) is 0.714. The number of carbonyl (C=O) groups is 1. The molecular weight excluding hydrogens is 242 g/mol. The van der Waals surface area contributed by atoms with Crippen LogP contribution in [-0.4, -0.2) is 32.9 Å². The third-order valence-corrected chi connectivity index (χ3v) is 3.40. The van der Waals surface area contributed by atoms with Gasteiger partial charge >= 0.3 is 5.97 Å². The van der Waals surface area contributed by atoms with E-state index in [9.17, 15) is 9.90 Å². The summed E-state index contributed by atoms with van der Waals surface area (Å²) in [7, 11) is 0. The fourth-order valence-corrected chi connectivity index (χ4v) is 2.41. The van der Waals surface area contributed by atoms with Gasteiger partial charge < -0.3 is 10.4 Å². The monoisotopic (exact) mass is 267 g/mol. The molecule has 2 unspecified atom stereocenters. The number of rotatable bonds is 7. The number of aromatic nitrogens is 2. The molecule has 0 spiro atoms. The molecule has 19 heavy (non-hydrogen) atoms. The van der Waals surface area contributed by atoms with E-state index in [1.54, 1.807) is 6.92 Å². The zero-order valence-electron chi connectivity index (χ0n) is 12.5. The second kappa shape index (κ2) is 6.19. The second-order valence-corrected chi connectivity index (χ2v) is 5.49. The Balaban J connectivity index is 2.84. The van der Waals surface area contributed by atoms with Crippen molar-refractivity contribution in [3.8, 4) is 0 Å². The lowest BCUT2D eigenvalue weighted by Gasteiger charge is -2.29. The molecule has 0 aliphatic rings. The van der Waals surface area contributed by atoms with E-state index in [0.717, 1.165) is 17.8 Å². The molecule has 0 aliphatic carbocycles. The summed E-state index contributed by atoms with van der Waals surface area (Å²) in [5, 5.41) is 17.0. The average Bonchev–Trinajstić information content (AvgIpc) is 2.65. The largest absolute Gasteiger partial charge is 0.480 e. The van der Waals surface area contributed by atoms with Crippen LogP contribution in [0, 0.1) is 13.8 Å². The van der Waals surface area contributed by atoms with Crippen molar-refractivity contribution in [3.05, 3.63) is 17.5 Å². The van der Waals surface area contributed by atoms with Gasteiger partial charge in [-0.05, 0) is 53.1 Å². The number of carboxylic acids is 1. The van der Waals surface area contributed by atoms with Crippen LogP contribution in [0.2, 0.25) is 0 Å². The molecule has 0 fully saturated rings. The second-order valence-electron chi connectivity index (χ2n) is 5.49. The van der Waals surface area contributed by atoms with Crippen molar-refractivity contribution >= 4 is 5.97 Å². The number of aryl methyl sites for hydroxylation is 2. The lowest BCUT2D eigenvalue weighted by molar-refractivity contribution is -0.144. The van der Waals surface area contributed by atoms with Gasteiger partial charge in [0.15, 0.2) is 0 Å². The van der Waals surface area contributed by atoms with Crippen molar-refractivity contribution in [3.63, 3.8) is 0 Å². The summed E-state index contributed by atoms with van der Waals surface area (Å²) in [5.74, 6) is -0.811. The van der Waals surface area contributed by atoms with Crippen LogP contribution in [0.3, 0.4) is 0 Å². The molecule has 5 heteroatoms. The lowest BCUT2D eigenvalue weighted by Crippen LogP contribution is -2.51. The van der Waals surface area contributed by atoms with Crippen molar-refractivity contribution in [1.82, 2.24) is 15.1 Å². The van der Waals surface area contributed by atoms with Gasteiger partial charge in [0.25, 0.3) is 0 Å². The van der Waals surface area contributed by atoms with Gasteiger partial charge in [-0.2, -0.15) is 5.10 Å². The smallest absolute Gasteiger partial charge is 0.323 e. The number of hydrogen-bond donors (Lipinski definition) is 2. The molecule has 0 saturated heterocycles. The Kier molecular flexibility index (Phi) is 5.11. The molecule has 0 radical (unpaired) electrons. The van der Waals surface area contributed by atoms with Crippen molar-refractivity contribution in [1.29, 1.82) is 0 Å². The Labute approximate surface area is 115 Å². The first-order chi connectivity index (χ1) is 8.80. The van der Waals surface area contributed by atoms with Crippen LogP contribution in [0.25, 0.3) is 0 Å². The fourth-order valence-electron chi connectivity index (χ4n) is 2.41. The first kappa shape index (κ1) is 15.7. The third-order valence-electron chi connectivity index (χ3n) is 3.40. The van der Waals surface area contributed by atoms with Gasteiger partial charge in [0.1, 0.15) is 5.54 Å². The zero-order chi connectivity index (χ0) is 14.6. The highest BCUT2D eigenvalue weighted by Crippen LogP contribution is 2.22. The third kappa shape index (κ3) is 3.80. The average molecular weight is 267 g/mol. The molecule has 1 aromatic rings. The van der Waals surface area contributed by atoms with E-state index >= 15 is 0 Å². The first-order valence-electron chi connectivity index (χ1n) is 6.81. The van der Waals surface area contributed by atoms with Gasteiger partial charge in [-0.15, -0.1) is 0 Å². The topological polar surface area (TPSA) is 67.2 Å². The van der Waals surface area contributed by atoms with Gasteiger partial charge in [0.05, 0.1) is 11.7 Å². The first-order valence-corrected chi connectivity index (χ1v) is 6.81. The molecule has 2 N–H and O–H groups in total. The van der Waals surface area contributed by atoms with E-state index in [-0.39, 0.29) is 6.04 Å². The molecule has 2 atom stereocenters. The Hall–Kier alpha value is -1.36. The predicted molar refractivity (Wildman–Crippen MR) is 75.4 cm³/mol. The number of carboxylic acid groups (broad SMARTS) is 1. The Bertz CT molecular complexity index is 442. The van der Waals surface area contributed by atoms with Gasteiger partial charge in [-0.3, -0.25) is 9.48 Å². The summed E-state index contributed by atoms with van der Waals surface area (Å²) in [5.41, 5.74) is 1.11. The van der Waals surface area contributed by atoms with Crippen LogP contribution in [0.5, 0.6) is 0 Å². The Morgan fingerprint density at radius 2 is 2.21 bits per heavy atom. The molecule has 1 rings (SSSR count). The molecule has 0 aromatic carbocycles. The highest BCUT2D eigenvalue weighted by Gasteiger charge is 2.34. The molecule has 108 valence electrons. The molecule has 5 nitrogen and oxygen atoms in total. The minimum absolute atomic E-state index is 0.0409. The van der Waals surface area contributed by atoms with E-state index in [2.05, 4.69) is 10.4 Å². The molecule has 0 aliphatic heterocycles. The molecule has 1 aromatic heterocycles. The van der Waals surface area contributed by atoms with E-state index in [4.69, 9.17) is 0 Å². The minimum Gasteiger partial charge on any atom is -0.480 e. The van der Waals surface area contributed by atoms with Crippen LogP contribution in [0.4, 0.5) is 0 Å². The minimum atomic E-state index is -0.915. The standard InChI is InChI=1S/C14H25N3O2/c1-6-7-15-14(5,13(18)19)9-12(4)17-11(3)8-10(2)16-17/h8,12,15H,6-7,9H2,1-5H3,(H,18,19). The molecule has 1 heterocycles. The number of nitrogens with one attached hydrogen (secondary N) is 1. The summed E-state index contributed by atoms with van der Waals surface area (Å²) in [4.78, 5) is 11.5. The van der Waals surface area contributed by atoms with E-state index in [1.807, 2.05) is 38.4 Å². The van der Waals surface area contributed by atoms with Gasteiger partial charge in [0, 0.05) is 5.69 Å². The van der Waals surface area contributed by atoms with Crippen LogP contribution < -0.4 is 5.32 Å². The Morgan fingerprint density at radius 1 is 1.58 bits per heavy atom. The molecule has 0 bridgehead atoms. The van der Waals surface area contributed by atoms with E-state index in [0.29, 0.717) is 13.0 Å². The highest BCUT2D eigenvalue weighted by atomic mass is 16.4. The lowest BCUT2D eigenvalue weighted by atomic mass is 9.93. The Morgan fingerprint density at radius 3 is 2.63 bits per heavy atom. The van der Waals surface area contributed by atoms with Gasteiger partial charge in [-0.25, -0.2) is 0 Å². The predicted octanol–water partition coefficient (Wildman–Crippen LogP) is 2.29. The van der Waals surface area contributed by atoms with Crippen LogP contribution in [0.1, 0.15) is 51.0 Å². The van der Waals surface area contributed by atoms with Crippen LogP contribution in [0.15, 0.2) is 6.07 Å². The summed E-state index contributed by atoms with van der Waals surface area (Å²) < 4.78 is 1.91. The zero-order valence-corrected chi connectivity index (χ0v) is 12.5.